The minimum absolute atomic E-state index is 0.0329. The van der Waals surface area contributed by atoms with Crippen LogP contribution in [0.1, 0.15) is 41.9 Å². The second-order valence-corrected chi connectivity index (χ2v) is 6.68. The van der Waals surface area contributed by atoms with E-state index in [1.54, 1.807) is 0 Å². The standard InChI is InChI=1S/C17H17FN2O3/c1-17(2)4-3-14-10(7-17)5-13(16(22)23)15(21)20(14)12-6-11(18)8-19-9-12/h5-6,8-9H,3-4,7H2,1-2H3,(H,22,23). The molecular weight excluding hydrogens is 299 g/mol. The van der Waals surface area contributed by atoms with Crippen molar-refractivity contribution in [3.05, 3.63) is 57.5 Å². The van der Waals surface area contributed by atoms with Crippen LogP contribution in [0.15, 0.2) is 29.3 Å². The molecule has 5 nitrogen and oxygen atoms in total. The zero-order valence-electron chi connectivity index (χ0n) is 13.0. The molecule has 6 heteroatoms. The largest absolute Gasteiger partial charge is 0.477 e. The summed E-state index contributed by atoms with van der Waals surface area (Å²) in [6.07, 6.45) is 4.59. The van der Waals surface area contributed by atoms with Gasteiger partial charge in [0.1, 0.15) is 11.4 Å². The van der Waals surface area contributed by atoms with E-state index in [0.29, 0.717) is 12.8 Å². The van der Waals surface area contributed by atoms with Crippen molar-refractivity contribution < 1.29 is 14.3 Å². The van der Waals surface area contributed by atoms with Gasteiger partial charge in [0.05, 0.1) is 18.1 Å². The molecule has 0 saturated carbocycles. The molecule has 0 amide bonds. The van der Waals surface area contributed by atoms with Gasteiger partial charge in [0.25, 0.3) is 5.56 Å². The van der Waals surface area contributed by atoms with Crippen LogP contribution in [-0.4, -0.2) is 20.6 Å². The number of carboxylic acids is 1. The number of aromatic nitrogens is 2. The van der Waals surface area contributed by atoms with Gasteiger partial charge in [-0.2, -0.15) is 0 Å². The number of nitrogens with zero attached hydrogens (tertiary/aromatic N) is 2. The molecule has 0 saturated heterocycles. The van der Waals surface area contributed by atoms with Crippen molar-refractivity contribution in [2.24, 2.45) is 5.41 Å². The number of fused-ring (bicyclic) bond motifs is 1. The Bertz CT molecular complexity index is 855. The van der Waals surface area contributed by atoms with Gasteiger partial charge >= 0.3 is 5.97 Å². The van der Waals surface area contributed by atoms with Crippen molar-refractivity contribution in [1.82, 2.24) is 9.55 Å². The van der Waals surface area contributed by atoms with Gasteiger partial charge in [-0.3, -0.25) is 14.3 Å². The number of pyridine rings is 2. The third kappa shape index (κ3) is 2.76. The first-order valence-corrected chi connectivity index (χ1v) is 7.40. The molecule has 0 spiro atoms. The average molecular weight is 316 g/mol. The summed E-state index contributed by atoms with van der Waals surface area (Å²) in [5.74, 6) is -1.85. The van der Waals surface area contributed by atoms with E-state index in [1.807, 2.05) is 0 Å². The van der Waals surface area contributed by atoms with Crippen LogP contribution in [0.4, 0.5) is 4.39 Å². The van der Waals surface area contributed by atoms with Crippen molar-refractivity contribution in [3.63, 3.8) is 0 Å². The van der Waals surface area contributed by atoms with E-state index in [2.05, 4.69) is 18.8 Å². The molecule has 120 valence electrons. The van der Waals surface area contributed by atoms with Crippen molar-refractivity contribution >= 4 is 5.97 Å². The van der Waals surface area contributed by atoms with Gasteiger partial charge < -0.3 is 5.11 Å². The fourth-order valence-corrected chi connectivity index (χ4v) is 3.14. The second-order valence-electron chi connectivity index (χ2n) is 6.68. The molecule has 1 aliphatic carbocycles. The second kappa shape index (κ2) is 5.30. The molecular formula is C17H17FN2O3. The lowest BCUT2D eigenvalue weighted by Crippen LogP contribution is -2.33. The molecule has 23 heavy (non-hydrogen) atoms. The Morgan fingerprint density at radius 1 is 1.35 bits per heavy atom. The van der Waals surface area contributed by atoms with Crippen molar-refractivity contribution in [2.45, 2.75) is 33.1 Å². The van der Waals surface area contributed by atoms with E-state index in [4.69, 9.17) is 0 Å². The van der Waals surface area contributed by atoms with E-state index in [-0.39, 0.29) is 16.7 Å². The highest BCUT2D eigenvalue weighted by atomic mass is 19.1. The van der Waals surface area contributed by atoms with Crippen LogP contribution in [0.3, 0.4) is 0 Å². The Hall–Kier alpha value is -2.50. The average Bonchev–Trinajstić information content (AvgIpc) is 2.46. The number of hydrogen-bond donors (Lipinski definition) is 1. The Morgan fingerprint density at radius 2 is 2.09 bits per heavy atom. The molecule has 0 radical (unpaired) electrons. The smallest absolute Gasteiger partial charge is 0.341 e. The molecule has 1 N–H and O–H groups in total. The van der Waals surface area contributed by atoms with Crippen LogP contribution >= 0.6 is 0 Å². The Balaban J connectivity index is 2.32. The highest BCUT2D eigenvalue weighted by Crippen LogP contribution is 2.35. The summed E-state index contributed by atoms with van der Waals surface area (Å²) in [5, 5.41) is 9.32. The van der Waals surface area contributed by atoms with Crippen LogP contribution in [0.25, 0.3) is 5.69 Å². The minimum atomic E-state index is -1.28. The predicted molar refractivity (Wildman–Crippen MR) is 82.6 cm³/mol. The highest BCUT2D eigenvalue weighted by molar-refractivity contribution is 5.87. The SMILES string of the molecule is CC1(C)CCc2c(cc(C(=O)O)c(=O)n2-c2cncc(F)c2)C1. The summed E-state index contributed by atoms with van der Waals surface area (Å²) in [4.78, 5) is 27.8. The minimum Gasteiger partial charge on any atom is -0.477 e. The monoisotopic (exact) mass is 316 g/mol. The maximum absolute atomic E-state index is 13.5. The number of rotatable bonds is 2. The van der Waals surface area contributed by atoms with E-state index < -0.39 is 17.3 Å². The molecule has 1 aliphatic rings. The van der Waals surface area contributed by atoms with Crippen molar-refractivity contribution in [3.8, 4) is 5.69 Å². The lowest BCUT2D eigenvalue weighted by Gasteiger charge is -2.32. The summed E-state index contributed by atoms with van der Waals surface area (Å²) in [5.41, 5.74) is 0.905. The number of carbonyl (C=O) groups is 1. The van der Waals surface area contributed by atoms with Crippen LogP contribution in [0.5, 0.6) is 0 Å². The summed E-state index contributed by atoms with van der Waals surface area (Å²) >= 11 is 0. The Labute approximate surface area is 132 Å². The summed E-state index contributed by atoms with van der Waals surface area (Å²) < 4.78 is 14.8. The van der Waals surface area contributed by atoms with Gasteiger partial charge in [-0.05, 0) is 36.3 Å². The Morgan fingerprint density at radius 3 is 2.74 bits per heavy atom. The first kappa shape index (κ1) is 15.4. The van der Waals surface area contributed by atoms with Crippen LogP contribution in [-0.2, 0) is 12.8 Å². The summed E-state index contributed by atoms with van der Waals surface area (Å²) in [6, 6.07) is 2.66. The predicted octanol–water partition coefficient (Wildman–Crippen LogP) is 2.58. The molecule has 0 aliphatic heterocycles. The highest BCUT2D eigenvalue weighted by Gasteiger charge is 2.30. The third-order valence-corrected chi connectivity index (χ3v) is 4.28. The lowest BCUT2D eigenvalue weighted by atomic mass is 9.75. The van der Waals surface area contributed by atoms with Gasteiger partial charge in [0, 0.05) is 11.8 Å². The summed E-state index contributed by atoms with van der Waals surface area (Å²) in [6.45, 7) is 4.21. The van der Waals surface area contributed by atoms with Crippen LogP contribution in [0.2, 0.25) is 0 Å². The zero-order valence-corrected chi connectivity index (χ0v) is 13.0. The molecule has 2 aromatic rings. The fourth-order valence-electron chi connectivity index (χ4n) is 3.14. The van der Waals surface area contributed by atoms with Crippen LogP contribution < -0.4 is 5.56 Å². The maximum Gasteiger partial charge on any atom is 0.341 e. The Kier molecular flexibility index (Phi) is 3.55. The lowest BCUT2D eigenvalue weighted by molar-refractivity contribution is 0.0694. The van der Waals surface area contributed by atoms with Gasteiger partial charge in [-0.15, -0.1) is 0 Å². The number of carboxylic acid groups (broad SMARTS) is 1. The van der Waals surface area contributed by atoms with Gasteiger partial charge in [0.15, 0.2) is 0 Å². The maximum atomic E-state index is 13.5. The number of aromatic carboxylic acids is 1. The molecule has 0 fully saturated rings. The van der Waals surface area contributed by atoms with Crippen LogP contribution in [0, 0.1) is 11.2 Å². The fraction of sp³-hybridized carbons (Fsp3) is 0.353. The first-order valence-electron chi connectivity index (χ1n) is 7.40. The molecule has 3 rings (SSSR count). The van der Waals surface area contributed by atoms with E-state index in [9.17, 15) is 19.1 Å². The normalized spacial score (nSPS) is 16.0. The van der Waals surface area contributed by atoms with Crippen molar-refractivity contribution in [2.75, 3.05) is 0 Å². The van der Waals surface area contributed by atoms with Gasteiger partial charge in [-0.1, -0.05) is 13.8 Å². The molecule has 2 aromatic heterocycles. The van der Waals surface area contributed by atoms with E-state index in [1.165, 1.54) is 22.9 Å². The zero-order chi connectivity index (χ0) is 16.8. The molecule has 0 bridgehead atoms. The molecule has 2 heterocycles. The molecule has 0 aromatic carbocycles. The number of hydrogen-bond acceptors (Lipinski definition) is 3. The quantitative estimate of drug-likeness (QED) is 0.924. The third-order valence-electron chi connectivity index (χ3n) is 4.28. The molecule has 0 atom stereocenters. The number of halogens is 1. The molecule has 0 unspecified atom stereocenters. The summed E-state index contributed by atoms with van der Waals surface area (Å²) in [7, 11) is 0. The van der Waals surface area contributed by atoms with E-state index in [0.717, 1.165) is 23.9 Å². The topological polar surface area (TPSA) is 72.2 Å². The first-order chi connectivity index (χ1) is 10.8. The van der Waals surface area contributed by atoms with Gasteiger partial charge in [0.2, 0.25) is 0 Å². The van der Waals surface area contributed by atoms with Gasteiger partial charge in [-0.25, -0.2) is 9.18 Å². The van der Waals surface area contributed by atoms with E-state index >= 15 is 0 Å². The van der Waals surface area contributed by atoms with Crippen molar-refractivity contribution in [1.29, 1.82) is 0 Å².